The second kappa shape index (κ2) is 9.47. The molecule has 0 aromatic rings. The van der Waals surface area contributed by atoms with E-state index in [1.54, 1.807) is 0 Å². The molecule has 0 aliphatic heterocycles. The number of hydrogen-bond donors (Lipinski definition) is 2. The van der Waals surface area contributed by atoms with Crippen molar-refractivity contribution in [3.63, 3.8) is 0 Å². The molecular formula is C11H21N3O. The third kappa shape index (κ3) is 7.95. The molecule has 86 valence electrons. The molecule has 0 aromatic carbocycles. The monoisotopic (exact) mass is 211 g/mol. The summed E-state index contributed by atoms with van der Waals surface area (Å²) >= 11 is 0. The molecule has 0 radical (unpaired) electrons. The van der Waals surface area contributed by atoms with Gasteiger partial charge in [0.2, 0.25) is 5.91 Å². The van der Waals surface area contributed by atoms with E-state index in [9.17, 15) is 4.79 Å². The average molecular weight is 211 g/mol. The summed E-state index contributed by atoms with van der Waals surface area (Å²) in [6.45, 7) is 2.66. The third-order valence-electron chi connectivity index (χ3n) is 2.30. The number of rotatable bonds is 8. The van der Waals surface area contributed by atoms with Gasteiger partial charge < -0.3 is 11.1 Å². The van der Waals surface area contributed by atoms with Gasteiger partial charge in [0.15, 0.2) is 0 Å². The molecule has 0 heterocycles. The number of unbranched alkanes of at least 4 members (excludes halogenated alkanes) is 2. The summed E-state index contributed by atoms with van der Waals surface area (Å²) in [7, 11) is 0. The van der Waals surface area contributed by atoms with E-state index in [0.29, 0.717) is 19.4 Å². The molecule has 0 aliphatic rings. The molecule has 0 saturated heterocycles. The van der Waals surface area contributed by atoms with Crippen LogP contribution in [-0.4, -0.2) is 18.5 Å². The fourth-order valence-corrected chi connectivity index (χ4v) is 1.31. The van der Waals surface area contributed by atoms with E-state index in [-0.39, 0.29) is 11.9 Å². The lowest BCUT2D eigenvalue weighted by molar-refractivity contribution is -0.121. The molecule has 1 unspecified atom stereocenters. The Balaban J connectivity index is 3.58. The van der Waals surface area contributed by atoms with Gasteiger partial charge in [-0.3, -0.25) is 4.79 Å². The fraction of sp³-hybridized carbons (Fsp3) is 0.818. The Labute approximate surface area is 91.8 Å². The van der Waals surface area contributed by atoms with Crippen molar-refractivity contribution in [2.24, 2.45) is 5.73 Å². The second-order valence-corrected chi connectivity index (χ2v) is 3.63. The van der Waals surface area contributed by atoms with Crippen molar-refractivity contribution in [1.29, 1.82) is 5.26 Å². The first-order chi connectivity index (χ1) is 7.24. The Kier molecular flexibility index (Phi) is 8.79. The highest BCUT2D eigenvalue weighted by Crippen LogP contribution is 2.01. The molecule has 4 heteroatoms. The summed E-state index contributed by atoms with van der Waals surface area (Å²) in [5, 5.41) is 11.4. The number of nitrogens with two attached hydrogens (primary N) is 1. The number of amides is 1. The molecule has 0 spiro atoms. The predicted octanol–water partition coefficient (Wildman–Crippen LogP) is 1.31. The van der Waals surface area contributed by atoms with Crippen molar-refractivity contribution in [2.75, 3.05) is 6.54 Å². The maximum Gasteiger partial charge on any atom is 0.220 e. The smallest absolute Gasteiger partial charge is 0.220 e. The van der Waals surface area contributed by atoms with Crippen molar-refractivity contribution in [2.45, 2.75) is 51.5 Å². The van der Waals surface area contributed by atoms with Gasteiger partial charge in [-0.1, -0.05) is 13.3 Å². The molecule has 1 amide bonds. The molecule has 15 heavy (non-hydrogen) atoms. The lowest BCUT2D eigenvalue weighted by atomic mass is 10.1. The minimum Gasteiger partial charge on any atom is -0.352 e. The van der Waals surface area contributed by atoms with Crippen LogP contribution in [0.3, 0.4) is 0 Å². The molecule has 0 aromatic heterocycles. The molecule has 3 N–H and O–H groups in total. The zero-order valence-corrected chi connectivity index (χ0v) is 9.46. The van der Waals surface area contributed by atoms with Crippen molar-refractivity contribution in [3.05, 3.63) is 0 Å². The van der Waals surface area contributed by atoms with Crippen LogP contribution in [0.4, 0.5) is 0 Å². The number of nitriles is 1. The topological polar surface area (TPSA) is 78.9 Å². The lowest BCUT2D eigenvalue weighted by Crippen LogP contribution is -2.33. The normalized spacial score (nSPS) is 11.8. The van der Waals surface area contributed by atoms with Gasteiger partial charge in [0.1, 0.15) is 0 Å². The quantitative estimate of drug-likeness (QED) is 0.594. The van der Waals surface area contributed by atoms with Gasteiger partial charge >= 0.3 is 0 Å². The summed E-state index contributed by atoms with van der Waals surface area (Å²) in [6, 6.07) is 2.08. The van der Waals surface area contributed by atoms with Crippen LogP contribution in [0.2, 0.25) is 0 Å². The van der Waals surface area contributed by atoms with Gasteiger partial charge in [-0.15, -0.1) is 0 Å². The summed E-state index contributed by atoms with van der Waals surface area (Å²) in [4.78, 5) is 11.4. The van der Waals surface area contributed by atoms with Crippen molar-refractivity contribution >= 4 is 5.91 Å². The fourth-order valence-electron chi connectivity index (χ4n) is 1.31. The molecule has 4 nitrogen and oxygen atoms in total. The Hall–Kier alpha value is -1.08. The lowest BCUT2D eigenvalue weighted by Gasteiger charge is -2.13. The van der Waals surface area contributed by atoms with Gasteiger partial charge in [-0.05, 0) is 25.8 Å². The summed E-state index contributed by atoms with van der Waals surface area (Å²) < 4.78 is 0. The molecule has 0 aliphatic carbocycles. The minimum absolute atomic E-state index is 0.0111. The van der Waals surface area contributed by atoms with E-state index in [0.717, 1.165) is 25.7 Å². The third-order valence-corrected chi connectivity index (χ3v) is 2.30. The Morgan fingerprint density at radius 2 is 2.20 bits per heavy atom. The maximum absolute atomic E-state index is 11.4. The largest absolute Gasteiger partial charge is 0.352 e. The predicted molar refractivity (Wildman–Crippen MR) is 60.0 cm³/mol. The highest BCUT2D eigenvalue weighted by Gasteiger charge is 2.08. The molecule has 0 rings (SSSR count). The number of nitrogens with zero attached hydrogens (tertiary/aromatic N) is 1. The summed E-state index contributed by atoms with van der Waals surface area (Å²) in [5.74, 6) is 0.0501. The Morgan fingerprint density at radius 3 is 2.73 bits per heavy atom. The van der Waals surface area contributed by atoms with Gasteiger partial charge in [0, 0.05) is 12.5 Å². The molecule has 0 fully saturated rings. The van der Waals surface area contributed by atoms with E-state index in [1.807, 2.05) is 6.92 Å². The van der Waals surface area contributed by atoms with Crippen LogP contribution in [0.25, 0.3) is 0 Å². The van der Waals surface area contributed by atoms with Crippen molar-refractivity contribution in [1.82, 2.24) is 5.32 Å². The van der Waals surface area contributed by atoms with Gasteiger partial charge in [0.25, 0.3) is 0 Å². The SMILES string of the molecule is CCC(CC#N)NC(=O)CCCCCN. The van der Waals surface area contributed by atoms with Crippen molar-refractivity contribution < 1.29 is 4.79 Å². The Bertz CT molecular complexity index is 210. The highest BCUT2D eigenvalue weighted by atomic mass is 16.1. The zero-order valence-electron chi connectivity index (χ0n) is 9.46. The number of hydrogen-bond acceptors (Lipinski definition) is 3. The van der Waals surface area contributed by atoms with E-state index < -0.39 is 0 Å². The van der Waals surface area contributed by atoms with E-state index in [4.69, 9.17) is 11.0 Å². The maximum atomic E-state index is 11.4. The van der Waals surface area contributed by atoms with Crippen LogP contribution in [0.15, 0.2) is 0 Å². The van der Waals surface area contributed by atoms with E-state index in [2.05, 4.69) is 11.4 Å². The first kappa shape index (κ1) is 13.9. The zero-order chi connectivity index (χ0) is 11.5. The van der Waals surface area contributed by atoms with E-state index in [1.165, 1.54) is 0 Å². The number of nitrogens with one attached hydrogen (secondary N) is 1. The van der Waals surface area contributed by atoms with Gasteiger partial charge in [0.05, 0.1) is 12.5 Å². The number of carbonyl (C=O) groups is 1. The van der Waals surface area contributed by atoms with Crippen LogP contribution >= 0.6 is 0 Å². The standard InChI is InChI=1S/C11H21N3O/c1-2-10(7-9-13)14-11(15)6-4-3-5-8-12/h10H,2-8,12H2,1H3,(H,14,15). The molecule has 0 bridgehead atoms. The van der Waals surface area contributed by atoms with Gasteiger partial charge in [-0.2, -0.15) is 5.26 Å². The first-order valence-electron chi connectivity index (χ1n) is 5.61. The summed E-state index contributed by atoms with van der Waals surface area (Å²) in [5.41, 5.74) is 5.35. The first-order valence-corrected chi connectivity index (χ1v) is 5.61. The minimum atomic E-state index is 0.0111. The van der Waals surface area contributed by atoms with Crippen LogP contribution in [0, 0.1) is 11.3 Å². The number of carbonyl (C=O) groups excluding carboxylic acids is 1. The molecular weight excluding hydrogens is 190 g/mol. The molecule has 0 saturated carbocycles. The average Bonchev–Trinajstić information content (AvgIpc) is 2.24. The molecule has 1 atom stereocenters. The van der Waals surface area contributed by atoms with Crippen LogP contribution in [-0.2, 0) is 4.79 Å². The Morgan fingerprint density at radius 1 is 1.47 bits per heavy atom. The van der Waals surface area contributed by atoms with Crippen molar-refractivity contribution in [3.8, 4) is 6.07 Å². The van der Waals surface area contributed by atoms with Crippen LogP contribution in [0.1, 0.15) is 45.4 Å². The van der Waals surface area contributed by atoms with Gasteiger partial charge in [-0.25, -0.2) is 0 Å². The second-order valence-electron chi connectivity index (χ2n) is 3.63. The van der Waals surface area contributed by atoms with Crippen LogP contribution < -0.4 is 11.1 Å². The highest BCUT2D eigenvalue weighted by molar-refractivity contribution is 5.76. The summed E-state index contributed by atoms with van der Waals surface area (Å²) in [6.07, 6.45) is 4.60. The van der Waals surface area contributed by atoms with E-state index >= 15 is 0 Å². The van der Waals surface area contributed by atoms with Crippen LogP contribution in [0.5, 0.6) is 0 Å².